The number of esters is 1. The minimum Gasteiger partial charge on any atom is -0.460 e. The SMILES string of the molecule is CCCCC[N+](CCCCC)(CCCCC)CCOC(C)=O. The van der Waals surface area contributed by atoms with Crippen molar-refractivity contribution in [1.82, 2.24) is 0 Å². The maximum atomic E-state index is 11.1. The number of unbranched alkanes of at least 4 members (excludes halogenated alkanes) is 6. The second kappa shape index (κ2) is 14.0. The van der Waals surface area contributed by atoms with Crippen LogP contribution in [-0.2, 0) is 9.53 Å². The lowest BCUT2D eigenvalue weighted by Crippen LogP contribution is -2.52. The summed E-state index contributed by atoms with van der Waals surface area (Å²) < 4.78 is 6.42. The molecule has 0 aliphatic carbocycles. The first-order valence-electron chi connectivity index (χ1n) is 9.58. The maximum Gasteiger partial charge on any atom is 0.302 e. The minimum atomic E-state index is -0.145. The standard InChI is InChI=1S/C19H40NO2/c1-5-8-11-14-20(15-12-9-6-2,16-13-10-7-3)17-18-22-19(4)21/h5-18H2,1-4H3/q+1. The summed E-state index contributed by atoms with van der Waals surface area (Å²) in [5.74, 6) is -0.145. The normalized spacial score (nSPS) is 11.6. The van der Waals surface area contributed by atoms with E-state index in [9.17, 15) is 4.79 Å². The molecule has 0 radical (unpaired) electrons. The number of hydrogen-bond acceptors (Lipinski definition) is 2. The molecule has 0 saturated carbocycles. The second-order valence-corrected chi connectivity index (χ2v) is 6.70. The van der Waals surface area contributed by atoms with Gasteiger partial charge in [0.15, 0.2) is 0 Å². The summed E-state index contributed by atoms with van der Waals surface area (Å²) >= 11 is 0. The van der Waals surface area contributed by atoms with Crippen LogP contribution in [0.2, 0.25) is 0 Å². The highest BCUT2D eigenvalue weighted by molar-refractivity contribution is 5.65. The smallest absolute Gasteiger partial charge is 0.302 e. The summed E-state index contributed by atoms with van der Waals surface area (Å²) in [6, 6.07) is 0. The van der Waals surface area contributed by atoms with Crippen LogP contribution in [0, 0.1) is 0 Å². The molecule has 0 heterocycles. The zero-order chi connectivity index (χ0) is 16.7. The van der Waals surface area contributed by atoms with E-state index in [1.54, 1.807) is 0 Å². The van der Waals surface area contributed by atoms with E-state index in [1.165, 1.54) is 84.3 Å². The van der Waals surface area contributed by atoms with Gasteiger partial charge in [-0.25, -0.2) is 0 Å². The molecule has 3 heteroatoms. The van der Waals surface area contributed by atoms with Crippen molar-refractivity contribution < 1.29 is 14.0 Å². The van der Waals surface area contributed by atoms with Crippen LogP contribution in [0.25, 0.3) is 0 Å². The predicted octanol–water partition coefficient (Wildman–Crippen LogP) is 4.94. The van der Waals surface area contributed by atoms with Gasteiger partial charge in [0, 0.05) is 6.92 Å². The fourth-order valence-electron chi connectivity index (χ4n) is 3.15. The number of hydrogen-bond donors (Lipinski definition) is 0. The molecule has 0 N–H and O–H groups in total. The van der Waals surface area contributed by atoms with Crippen molar-refractivity contribution in [3.63, 3.8) is 0 Å². The first kappa shape index (κ1) is 21.4. The summed E-state index contributed by atoms with van der Waals surface area (Å²) in [6.45, 7) is 13.6. The molecule has 0 fully saturated rings. The summed E-state index contributed by atoms with van der Waals surface area (Å²) in [4.78, 5) is 11.1. The summed E-state index contributed by atoms with van der Waals surface area (Å²) in [7, 11) is 0. The fourth-order valence-corrected chi connectivity index (χ4v) is 3.15. The number of nitrogens with zero attached hydrogens (tertiary/aromatic N) is 1. The Hall–Kier alpha value is -0.570. The van der Waals surface area contributed by atoms with E-state index in [0.717, 1.165) is 11.0 Å². The van der Waals surface area contributed by atoms with Crippen molar-refractivity contribution in [2.24, 2.45) is 0 Å². The van der Waals surface area contributed by atoms with E-state index in [-0.39, 0.29) is 5.97 Å². The summed E-state index contributed by atoms with van der Waals surface area (Å²) in [5, 5.41) is 0. The fraction of sp³-hybridized carbons (Fsp3) is 0.947. The molecule has 0 aromatic carbocycles. The third kappa shape index (κ3) is 11.1. The maximum absolute atomic E-state index is 11.1. The largest absolute Gasteiger partial charge is 0.460 e. The summed E-state index contributed by atoms with van der Waals surface area (Å²) in [6.07, 6.45) is 11.7. The molecule has 0 spiro atoms. The first-order valence-corrected chi connectivity index (χ1v) is 9.58. The van der Waals surface area contributed by atoms with Gasteiger partial charge in [-0.1, -0.05) is 40.0 Å². The Labute approximate surface area is 139 Å². The van der Waals surface area contributed by atoms with Crippen LogP contribution in [-0.4, -0.2) is 43.2 Å². The zero-order valence-corrected chi connectivity index (χ0v) is 15.7. The van der Waals surface area contributed by atoms with Crippen LogP contribution in [0.4, 0.5) is 0 Å². The van der Waals surface area contributed by atoms with E-state index in [0.29, 0.717) is 6.61 Å². The third-order valence-corrected chi connectivity index (χ3v) is 4.58. The first-order chi connectivity index (χ1) is 10.6. The number of carbonyl (C=O) groups excluding carboxylic acids is 1. The Morgan fingerprint density at radius 1 is 0.727 bits per heavy atom. The van der Waals surface area contributed by atoms with Crippen LogP contribution in [0.15, 0.2) is 0 Å². The van der Waals surface area contributed by atoms with Crippen molar-refractivity contribution in [3.05, 3.63) is 0 Å². The molecular formula is C19H40NO2+. The lowest BCUT2D eigenvalue weighted by atomic mass is 10.1. The van der Waals surface area contributed by atoms with Crippen molar-refractivity contribution in [3.8, 4) is 0 Å². The predicted molar refractivity (Wildman–Crippen MR) is 94.9 cm³/mol. The van der Waals surface area contributed by atoms with Crippen LogP contribution < -0.4 is 0 Å². The highest BCUT2D eigenvalue weighted by atomic mass is 16.5. The Kier molecular flexibility index (Phi) is 13.7. The molecule has 3 nitrogen and oxygen atoms in total. The number of quaternary nitrogens is 1. The van der Waals surface area contributed by atoms with Crippen LogP contribution >= 0.6 is 0 Å². The van der Waals surface area contributed by atoms with E-state index in [1.807, 2.05) is 0 Å². The van der Waals surface area contributed by atoms with E-state index >= 15 is 0 Å². The van der Waals surface area contributed by atoms with Crippen LogP contribution in [0.1, 0.15) is 85.5 Å². The van der Waals surface area contributed by atoms with Gasteiger partial charge in [-0.3, -0.25) is 4.79 Å². The van der Waals surface area contributed by atoms with Crippen molar-refractivity contribution in [2.45, 2.75) is 85.5 Å². The van der Waals surface area contributed by atoms with Gasteiger partial charge in [-0.05, 0) is 38.5 Å². The number of carbonyl (C=O) groups is 1. The molecule has 0 unspecified atom stereocenters. The highest BCUT2D eigenvalue weighted by Crippen LogP contribution is 2.16. The number of ether oxygens (including phenoxy) is 1. The molecule has 0 amide bonds. The van der Waals surface area contributed by atoms with Gasteiger partial charge >= 0.3 is 5.97 Å². The Balaban J connectivity index is 4.64. The molecule has 0 saturated heterocycles. The third-order valence-electron chi connectivity index (χ3n) is 4.58. The lowest BCUT2D eigenvalue weighted by Gasteiger charge is -2.39. The van der Waals surface area contributed by atoms with E-state index in [4.69, 9.17) is 4.74 Å². The topological polar surface area (TPSA) is 26.3 Å². The van der Waals surface area contributed by atoms with Gasteiger partial charge in [-0.15, -0.1) is 0 Å². The molecule has 22 heavy (non-hydrogen) atoms. The van der Waals surface area contributed by atoms with Crippen molar-refractivity contribution >= 4 is 5.97 Å². The monoisotopic (exact) mass is 314 g/mol. The quantitative estimate of drug-likeness (QED) is 0.243. The van der Waals surface area contributed by atoms with Gasteiger partial charge < -0.3 is 9.22 Å². The molecule has 0 aromatic rings. The Morgan fingerprint density at radius 3 is 1.45 bits per heavy atom. The van der Waals surface area contributed by atoms with Gasteiger partial charge in [0.2, 0.25) is 0 Å². The summed E-state index contributed by atoms with van der Waals surface area (Å²) in [5.41, 5.74) is 0. The van der Waals surface area contributed by atoms with Gasteiger partial charge in [-0.2, -0.15) is 0 Å². The number of rotatable bonds is 15. The lowest BCUT2D eigenvalue weighted by molar-refractivity contribution is -0.929. The van der Waals surface area contributed by atoms with Gasteiger partial charge in [0.25, 0.3) is 0 Å². The van der Waals surface area contributed by atoms with Crippen LogP contribution in [0.5, 0.6) is 0 Å². The Morgan fingerprint density at radius 2 is 1.14 bits per heavy atom. The second-order valence-electron chi connectivity index (χ2n) is 6.70. The molecular weight excluding hydrogens is 274 g/mol. The molecule has 0 aromatic heterocycles. The average molecular weight is 315 g/mol. The van der Waals surface area contributed by atoms with Gasteiger partial charge in [0.1, 0.15) is 13.2 Å². The average Bonchev–Trinajstić information content (AvgIpc) is 2.47. The Bertz CT molecular complexity index is 240. The molecule has 0 rings (SSSR count). The van der Waals surface area contributed by atoms with E-state index < -0.39 is 0 Å². The molecule has 0 atom stereocenters. The van der Waals surface area contributed by atoms with Crippen molar-refractivity contribution in [1.29, 1.82) is 0 Å². The van der Waals surface area contributed by atoms with E-state index in [2.05, 4.69) is 20.8 Å². The molecule has 0 aliphatic heterocycles. The van der Waals surface area contributed by atoms with Crippen molar-refractivity contribution in [2.75, 3.05) is 32.8 Å². The molecule has 0 aliphatic rings. The minimum absolute atomic E-state index is 0.145. The highest BCUT2D eigenvalue weighted by Gasteiger charge is 2.26. The van der Waals surface area contributed by atoms with Crippen LogP contribution in [0.3, 0.4) is 0 Å². The molecule has 0 bridgehead atoms. The van der Waals surface area contributed by atoms with Gasteiger partial charge in [0.05, 0.1) is 19.6 Å². The molecule has 132 valence electrons. The zero-order valence-electron chi connectivity index (χ0n) is 15.7.